The minimum atomic E-state index is -3.94. The van der Waals surface area contributed by atoms with Crippen LogP contribution in [0.2, 0.25) is 0 Å². The lowest BCUT2D eigenvalue weighted by Gasteiger charge is -2.25. The molecule has 0 saturated carbocycles. The van der Waals surface area contributed by atoms with Gasteiger partial charge >= 0.3 is 0 Å². The third-order valence-corrected chi connectivity index (χ3v) is 8.09. The maximum Gasteiger partial charge on any atom is 0.260 e. The van der Waals surface area contributed by atoms with Gasteiger partial charge in [0.05, 0.1) is 18.2 Å². The largest absolute Gasteiger partial charge is 0.344 e. The van der Waals surface area contributed by atoms with Gasteiger partial charge in [0.25, 0.3) is 15.9 Å². The van der Waals surface area contributed by atoms with Gasteiger partial charge in [-0.1, -0.05) is 44.2 Å². The molecule has 3 aromatic rings. The molecule has 0 bridgehead atoms. The highest BCUT2D eigenvalue weighted by molar-refractivity contribution is 7.89. The van der Waals surface area contributed by atoms with Crippen molar-refractivity contribution in [2.24, 2.45) is 5.92 Å². The van der Waals surface area contributed by atoms with Crippen molar-refractivity contribution in [2.45, 2.75) is 43.8 Å². The van der Waals surface area contributed by atoms with Crippen molar-refractivity contribution in [1.29, 1.82) is 0 Å². The van der Waals surface area contributed by atoms with Crippen LogP contribution in [-0.2, 0) is 19.6 Å². The summed E-state index contributed by atoms with van der Waals surface area (Å²) in [7, 11) is -3.94. The van der Waals surface area contributed by atoms with E-state index in [0.29, 0.717) is 17.4 Å². The van der Waals surface area contributed by atoms with Crippen molar-refractivity contribution < 1.29 is 22.8 Å². The van der Waals surface area contributed by atoms with Crippen molar-refractivity contribution in [1.82, 2.24) is 24.9 Å². The van der Waals surface area contributed by atoms with Crippen LogP contribution in [0.1, 0.15) is 37.0 Å². The van der Waals surface area contributed by atoms with E-state index < -0.39 is 39.7 Å². The summed E-state index contributed by atoms with van der Waals surface area (Å²) >= 11 is 0. The lowest BCUT2D eigenvalue weighted by molar-refractivity contribution is -0.129. The number of benzene rings is 1. The predicted octanol–water partition coefficient (Wildman–Crippen LogP) is 1.92. The lowest BCUT2D eigenvalue weighted by atomic mass is 10.0. The molecule has 1 fully saturated rings. The maximum atomic E-state index is 13.2. The number of ketones is 1. The second kappa shape index (κ2) is 11.1. The first-order valence-corrected chi connectivity index (χ1v) is 13.5. The molecule has 2 N–H and O–H groups in total. The Bertz CT molecular complexity index is 1410. The van der Waals surface area contributed by atoms with E-state index in [1.54, 1.807) is 32.2 Å². The van der Waals surface area contributed by atoms with E-state index >= 15 is 0 Å². The molecule has 0 spiro atoms. The normalized spacial score (nSPS) is 17.8. The molecule has 3 heterocycles. The van der Waals surface area contributed by atoms with Gasteiger partial charge in [0, 0.05) is 30.5 Å². The average Bonchev–Trinajstić information content (AvgIpc) is 3.08. The van der Waals surface area contributed by atoms with Gasteiger partial charge in [0.1, 0.15) is 6.04 Å². The first kappa shape index (κ1) is 26.4. The first-order valence-electron chi connectivity index (χ1n) is 12.1. The Morgan fingerprint density at radius 3 is 2.57 bits per heavy atom. The topological polar surface area (TPSA) is 138 Å². The molecular formula is C26H29N5O5S. The molecule has 10 nitrogen and oxygen atoms in total. The third kappa shape index (κ3) is 5.83. The Labute approximate surface area is 215 Å². The molecule has 2 unspecified atom stereocenters. The zero-order valence-electron chi connectivity index (χ0n) is 20.6. The van der Waals surface area contributed by atoms with E-state index in [1.807, 2.05) is 24.3 Å². The molecule has 2 atom stereocenters. The highest BCUT2D eigenvalue weighted by Gasteiger charge is 2.35. The van der Waals surface area contributed by atoms with Crippen molar-refractivity contribution in [3.63, 3.8) is 0 Å². The molecule has 1 aromatic carbocycles. The smallest absolute Gasteiger partial charge is 0.260 e. The highest BCUT2D eigenvalue weighted by atomic mass is 32.2. The number of carbonyl (C=O) groups is 3. The van der Waals surface area contributed by atoms with Crippen molar-refractivity contribution in [3.8, 4) is 0 Å². The zero-order chi connectivity index (χ0) is 26.6. The van der Waals surface area contributed by atoms with Crippen LogP contribution >= 0.6 is 0 Å². The van der Waals surface area contributed by atoms with Crippen LogP contribution in [0.3, 0.4) is 0 Å². The van der Waals surface area contributed by atoms with Crippen LogP contribution in [0.4, 0.5) is 0 Å². The number of hydrogen-bond acceptors (Lipinski definition) is 7. The molecule has 4 rings (SSSR count). The standard InChI is InChI=1S/C26H29N5O5S/c1-17(2)24(30-25(33)20-15-27-14-18-8-3-4-9-19(18)20)26(34)29-21-10-7-13-31(16-22(21)32)37(35,36)23-11-5-6-12-28-23/h3-6,8-9,11-12,14-15,17,21,24H,7,10,13,16H2,1-2H3,(H,29,34)(H,30,33). The Morgan fingerprint density at radius 2 is 1.84 bits per heavy atom. The van der Waals surface area contributed by atoms with Crippen LogP contribution in [0, 0.1) is 5.92 Å². The van der Waals surface area contributed by atoms with Crippen molar-refractivity contribution in [3.05, 3.63) is 66.6 Å². The average molecular weight is 524 g/mol. The van der Waals surface area contributed by atoms with Gasteiger partial charge in [0.2, 0.25) is 5.91 Å². The van der Waals surface area contributed by atoms with Crippen LogP contribution in [0.5, 0.6) is 0 Å². The summed E-state index contributed by atoms with van der Waals surface area (Å²) in [5.74, 6) is -1.64. The predicted molar refractivity (Wildman–Crippen MR) is 137 cm³/mol. The molecule has 0 radical (unpaired) electrons. The van der Waals surface area contributed by atoms with Crippen LogP contribution in [0.25, 0.3) is 10.8 Å². The third-order valence-electron chi connectivity index (χ3n) is 6.33. The maximum absolute atomic E-state index is 13.2. The van der Waals surface area contributed by atoms with Gasteiger partial charge in [-0.3, -0.25) is 19.4 Å². The van der Waals surface area contributed by atoms with Gasteiger partial charge in [-0.15, -0.1) is 0 Å². The van der Waals surface area contributed by atoms with Crippen LogP contribution in [-0.4, -0.2) is 65.5 Å². The molecular weight excluding hydrogens is 494 g/mol. The first-order chi connectivity index (χ1) is 17.7. The number of sulfonamides is 1. The minimum absolute atomic E-state index is 0.129. The number of nitrogens with one attached hydrogen (secondary N) is 2. The molecule has 1 aliphatic rings. The quantitative estimate of drug-likeness (QED) is 0.482. The van der Waals surface area contributed by atoms with Crippen LogP contribution in [0.15, 0.2) is 66.1 Å². The number of aromatic nitrogens is 2. The van der Waals surface area contributed by atoms with Crippen molar-refractivity contribution >= 4 is 38.4 Å². The summed E-state index contributed by atoms with van der Waals surface area (Å²) in [4.78, 5) is 47.3. The van der Waals surface area contributed by atoms with Crippen molar-refractivity contribution in [2.75, 3.05) is 13.1 Å². The van der Waals surface area contributed by atoms with E-state index in [0.717, 1.165) is 9.69 Å². The van der Waals surface area contributed by atoms with E-state index in [4.69, 9.17) is 0 Å². The van der Waals surface area contributed by atoms with Gasteiger partial charge in [-0.25, -0.2) is 13.4 Å². The Kier molecular flexibility index (Phi) is 7.94. The van der Waals surface area contributed by atoms with E-state index in [1.165, 1.54) is 18.5 Å². The number of amides is 2. The van der Waals surface area contributed by atoms with E-state index in [-0.39, 0.29) is 30.5 Å². The lowest BCUT2D eigenvalue weighted by Crippen LogP contribution is -2.54. The molecule has 2 aromatic heterocycles. The summed E-state index contributed by atoms with van der Waals surface area (Å²) in [5.41, 5.74) is 0.345. The van der Waals surface area contributed by atoms with Gasteiger partial charge in [0.15, 0.2) is 10.8 Å². The summed E-state index contributed by atoms with van der Waals surface area (Å²) in [6.45, 7) is 3.35. The second-order valence-electron chi connectivity index (χ2n) is 9.28. The second-order valence-corrected chi connectivity index (χ2v) is 11.2. The molecule has 2 amide bonds. The molecule has 1 saturated heterocycles. The SMILES string of the molecule is CC(C)C(NC(=O)c1cncc2ccccc12)C(=O)NC1CCCN(S(=O)(=O)c2ccccn2)CC1=O. The molecule has 1 aliphatic heterocycles. The summed E-state index contributed by atoms with van der Waals surface area (Å²) in [5, 5.41) is 6.91. The Morgan fingerprint density at radius 1 is 1.08 bits per heavy atom. The number of fused-ring (bicyclic) bond motifs is 1. The van der Waals surface area contributed by atoms with E-state index in [9.17, 15) is 22.8 Å². The molecule has 37 heavy (non-hydrogen) atoms. The Hall–Kier alpha value is -3.70. The number of hydrogen-bond donors (Lipinski definition) is 2. The fourth-order valence-electron chi connectivity index (χ4n) is 4.30. The van der Waals surface area contributed by atoms with Gasteiger partial charge < -0.3 is 10.6 Å². The number of nitrogens with zero attached hydrogens (tertiary/aromatic N) is 3. The fraction of sp³-hybridized carbons (Fsp3) is 0.346. The van der Waals surface area contributed by atoms with Gasteiger partial charge in [-0.2, -0.15) is 4.31 Å². The number of carbonyl (C=O) groups excluding carboxylic acids is 3. The fourth-order valence-corrected chi connectivity index (χ4v) is 5.67. The minimum Gasteiger partial charge on any atom is -0.344 e. The molecule has 11 heteroatoms. The van der Waals surface area contributed by atoms with Crippen LogP contribution < -0.4 is 10.6 Å². The number of Topliss-reactive ketones (excluding diaryl/α,β-unsaturated/α-hetero) is 1. The number of pyridine rings is 2. The summed E-state index contributed by atoms with van der Waals surface area (Å²) in [6, 6.07) is 10.1. The zero-order valence-corrected chi connectivity index (χ0v) is 21.4. The monoisotopic (exact) mass is 523 g/mol. The molecule has 0 aliphatic carbocycles. The summed E-state index contributed by atoms with van der Waals surface area (Å²) < 4.78 is 27.0. The highest BCUT2D eigenvalue weighted by Crippen LogP contribution is 2.19. The number of rotatable bonds is 7. The Balaban J connectivity index is 1.46. The molecule has 194 valence electrons. The summed E-state index contributed by atoms with van der Waals surface area (Å²) in [6.07, 6.45) is 5.16. The van der Waals surface area contributed by atoms with Gasteiger partial charge in [-0.05, 0) is 36.3 Å². The van der Waals surface area contributed by atoms with E-state index in [2.05, 4.69) is 20.6 Å².